The zero-order valence-electron chi connectivity index (χ0n) is 9.20. The minimum absolute atomic E-state index is 0.184. The summed E-state index contributed by atoms with van der Waals surface area (Å²) in [5, 5.41) is 10.3. The molecule has 0 saturated carbocycles. The van der Waals surface area contributed by atoms with Crippen LogP contribution in [-0.2, 0) is 10.3 Å². The molecule has 0 aromatic heterocycles. The fourth-order valence-electron chi connectivity index (χ4n) is 1.96. The fourth-order valence-corrected chi connectivity index (χ4v) is 1.96. The second-order valence-corrected chi connectivity index (χ2v) is 4.04. The number of rotatable bonds is 2. The topological polar surface area (TPSA) is 38.7 Å². The van der Waals surface area contributed by atoms with Gasteiger partial charge < -0.3 is 14.6 Å². The van der Waals surface area contributed by atoms with Crippen molar-refractivity contribution in [2.75, 3.05) is 20.3 Å². The molecule has 1 aromatic rings. The number of benzene rings is 1. The number of hydrogen-bond donors (Lipinski definition) is 1. The first-order valence-corrected chi connectivity index (χ1v) is 5.30. The zero-order chi connectivity index (χ0) is 11.6. The van der Waals surface area contributed by atoms with Crippen LogP contribution in [-0.4, -0.2) is 25.4 Å². The van der Waals surface area contributed by atoms with Gasteiger partial charge in [-0.05, 0) is 30.5 Å². The summed E-state index contributed by atoms with van der Waals surface area (Å²) < 4.78 is 23.6. The van der Waals surface area contributed by atoms with Gasteiger partial charge in [0.2, 0.25) is 0 Å². The van der Waals surface area contributed by atoms with E-state index in [0.29, 0.717) is 18.6 Å². The van der Waals surface area contributed by atoms with E-state index in [4.69, 9.17) is 9.47 Å². The van der Waals surface area contributed by atoms with Gasteiger partial charge in [0.25, 0.3) is 0 Å². The van der Waals surface area contributed by atoms with Crippen molar-refractivity contribution in [3.8, 4) is 5.75 Å². The Balaban J connectivity index is 2.29. The Morgan fingerprint density at radius 3 is 2.88 bits per heavy atom. The van der Waals surface area contributed by atoms with Gasteiger partial charge in [-0.2, -0.15) is 0 Å². The van der Waals surface area contributed by atoms with E-state index in [0.717, 1.165) is 6.42 Å². The average Bonchev–Trinajstić information content (AvgIpc) is 2.30. The summed E-state index contributed by atoms with van der Waals surface area (Å²) in [6.45, 7) is 0.875. The smallest absolute Gasteiger partial charge is 0.165 e. The van der Waals surface area contributed by atoms with Crippen molar-refractivity contribution in [3.05, 3.63) is 29.6 Å². The maximum absolute atomic E-state index is 13.5. The van der Waals surface area contributed by atoms with Gasteiger partial charge in [-0.15, -0.1) is 0 Å². The van der Waals surface area contributed by atoms with Crippen molar-refractivity contribution in [3.63, 3.8) is 0 Å². The van der Waals surface area contributed by atoms with E-state index in [2.05, 4.69) is 0 Å². The van der Waals surface area contributed by atoms with E-state index in [9.17, 15) is 9.50 Å². The van der Waals surface area contributed by atoms with Gasteiger partial charge in [0, 0.05) is 6.61 Å². The summed E-state index contributed by atoms with van der Waals surface area (Å²) >= 11 is 0. The monoisotopic (exact) mass is 226 g/mol. The highest BCUT2D eigenvalue weighted by atomic mass is 19.1. The third-order valence-corrected chi connectivity index (χ3v) is 2.91. The predicted molar refractivity (Wildman–Crippen MR) is 56.9 cm³/mol. The lowest BCUT2D eigenvalue weighted by Crippen LogP contribution is -2.35. The first-order chi connectivity index (χ1) is 7.65. The van der Waals surface area contributed by atoms with Crippen LogP contribution in [0.15, 0.2) is 18.2 Å². The molecule has 1 saturated heterocycles. The number of ether oxygens (including phenoxy) is 2. The summed E-state index contributed by atoms with van der Waals surface area (Å²) in [5.41, 5.74) is -0.517. The van der Waals surface area contributed by atoms with E-state index in [-0.39, 0.29) is 12.4 Å². The average molecular weight is 226 g/mol. The molecule has 1 aromatic carbocycles. The molecule has 1 fully saturated rings. The van der Waals surface area contributed by atoms with Gasteiger partial charge in [0.15, 0.2) is 11.6 Å². The molecule has 2 rings (SSSR count). The van der Waals surface area contributed by atoms with Crippen molar-refractivity contribution < 1.29 is 19.0 Å². The van der Waals surface area contributed by atoms with Gasteiger partial charge in [-0.1, -0.05) is 6.07 Å². The second-order valence-electron chi connectivity index (χ2n) is 4.04. The summed E-state index contributed by atoms with van der Waals surface area (Å²) in [5.74, 6) is -0.275. The first kappa shape index (κ1) is 11.4. The molecule has 1 unspecified atom stereocenters. The normalized spacial score (nSPS) is 25.4. The van der Waals surface area contributed by atoms with Crippen molar-refractivity contribution in [1.29, 1.82) is 0 Å². The first-order valence-electron chi connectivity index (χ1n) is 5.30. The van der Waals surface area contributed by atoms with E-state index in [1.54, 1.807) is 6.07 Å². The summed E-state index contributed by atoms with van der Waals surface area (Å²) in [7, 11) is 1.41. The van der Waals surface area contributed by atoms with Gasteiger partial charge in [0.05, 0.1) is 13.7 Å². The molecule has 3 nitrogen and oxygen atoms in total. The minimum Gasteiger partial charge on any atom is -0.494 e. The Morgan fingerprint density at radius 1 is 1.50 bits per heavy atom. The standard InChI is InChI=1S/C12H15FO3/c1-15-11-4-3-9(7-10(11)13)12(14)5-2-6-16-8-12/h3-4,7,14H,2,5-6,8H2,1H3. The van der Waals surface area contributed by atoms with Crippen LogP contribution in [0.25, 0.3) is 0 Å². The molecule has 16 heavy (non-hydrogen) atoms. The quantitative estimate of drug-likeness (QED) is 0.836. The van der Waals surface area contributed by atoms with Gasteiger partial charge >= 0.3 is 0 Å². The van der Waals surface area contributed by atoms with Crippen LogP contribution in [0.5, 0.6) is 5.75 Å². The fraction of sp³-hybridized carbons (Fsp3) is 0.500. The second kappa shape index (κ2) is 4.39. The predicted octanol–water partition coefficient (Wildman–Crippen LogP) is 1.83. The van der Waals surface area contributed by atoms with Crippen LogP contribution in [0.2, 0.25) is 0 Å². The molecule has 0 spiro atoms. The van der Waals surface area contributed by atoms with E-state index >= 15 is 0 Å². The Morgan fingerprint density at radius 2 is 2.31 bits per heavy atom. The molecular formula is C12H15FO3. The molecule has 88 valence electrons. The number of hydrogen-bond acceptors (Lipinski definition) is 3. The van der Waals surface area contributed by atoms with Gasteiger partial charge in [0.1, 0.15) is 5.60 Å². The maximum Gasteiger partial charge on any atom is 0.165 e. The van der Waals surface area contributed by atoms with Crippen LogP contribution < -0.4 is 4.74 Å². The van der Waals surface area contributed by atoms with Gasteiger partial charge in [-0.3, -0.25) is 0 Å². The third-order valence-electron chi connectivity index (χ3n) is 2.91. The van der Waals surface area contributed by atoms with Crippen LogP contribution >= 0.6 is 0 Å². The van der Waals surface area contributed by atoms with Crippen molar-refractivity contribution in [1.82, 2.24) is 0 Å². The molecule has 4 heteroatoms. The lowest BCUT2D eigenvalue weighted by atomic mass is 9.88. The summed E-state index contributed by atoms with van der Waals surface area (Å²) in [6, 6.07) is 4.52. The molecule has 0 amide bonds. The van der Waals surface area contributed by atoms with Crippen molar-refractivity contribution in [2.45, 2.75) is 18.4 Å². The lowest BCUT2D eigenvalue weighted by molar-refractivity contribution is -0.0904. The molecule has 1 atom stereocenters. The molecule has 1 aliphatic rings. The molecule has 1 heterocycles. The van der Waals surface area contributed by atoms with E-state index in [1.807, 2.05) is 0 Å². The highest BCUT2D eigenvalue weighted by Crippen LogP contribution is 2.32. The zero-order valence-corrected chi connectivity index (χ0v) is 9.20. The Labute approximate surface area is 93.8 Å². The maximum atomic E-state index is 13.5. The molecule has 0 aliphatic carbocycles. The van der Waals surface area contributed by atoms with Crippen LogP contribution in [0.1, 0.15) is 18.4 Å². The summed E-state index contributed by atoms with van der Waals surface area (Å²) in [6.07, 6.45) is 1.38. The van der Waals surface area contributed by atoms with E-state index < -0.39 is 11.4 Å². The van der Waals surface area contributed by atoms with Crippen molar-refractivity contribution >= 4 is 0 Å². The number of aliphatic hydroxyl groups is 1. The Hall–Kier alpha value is -1.13. The highest BCUT2D eigenvalue weighted by Gasteiger charge is 2.32. The third kappa shape index (κ3) is 2.03. The SMILES string of the molecule is COc1ccc(C2(O)CCCOC2)cc1F. The highest BCUT2D eigenvalue weighted by molar-refractivity contribution is 5.32. The molecular weight excluding hydrogens is 211 g/mol. The molecule has 0 bridgehead atoms. The lowest BCUT2D eigenvalue weighted by Gasteiger charge is -2.32. The number of halogens is 1. The van der Waals surface area contributed by atoms with Crippen LogP contribution in [0.4, 0.5) is 4.39 Å². The summed E-state index contributed by atoms with van der Waals surface area (Å²) in [4.78, 5) is 0. The van der Waals surface area contributed by atoms with E-state index in [1.165, 1.54) is 19.2 Å². The molecule has 0 radical (unpaired) electrons. The van der Waals surface area contributed by atoms with Crippen molar-refractivity contribution in [2.24, 2.45) is 0 Å². The molecule has 1 N–H and O–H groups in total. The van der Waals surface area contributed by atoms with Gasteiger partial charge in [-0.25, -0.2) is 4.39 Å². The van der Waals surface area contributed by atoms with Crippen LogP contribution in [0.3, 0.4) is 0 Å². The largest absolute Gasteiger partial charge is 0.494 e. The Bertz CT molecular complexity index is 373. The Kier molecular flexibility index (Phi) is 3.12. The number of methoxy groups -OCH3 is 1. The minimum atomic E-state index is -1.06. The van der Waals surface area contributed by atoms with Crippen LogP contribution in [0, 0.1) is 5.82 Å². The molecule has 1 aliphatic heterocycles.